The van der Waals surface area contributed by atoms with E-state index >= 15 is 0 Å². The van der Waals surface area contributed by atoms with Gasteiger partial charge < -0.3 is 14.2 Å². The molecular formula is C20H20F3N3O4. The molecular weight excluding hydrogens is 403 g/mol. The van der Waals surface area contributed by atoms with Crippen molar-refractivity contribution in [1.82, 2.24) is 9.96 Å². The number of allylic oxidation sites excluding steroid dienone is 1. The summed E-state index contributed by atoms with van der Waals surface area (Å²) in [5.41, 5.74) is 7.81. The van der Waals surface area contributed by atoms with Crippen molar-refractivity contribution in [2.75, 3.05) is 7.05 Å². The Morgan fingerprint density at radius 3 is 2.60 bits per heavy atom. The van der Waals surface area contributed by atoms with E-state index in [1.165, 1.54) is 14.0 Å². The molecule has 1 aromatic carbocycles. The second kappa shape index (κ2) is 8.23. The number of benzene rings is 1. The predicted molar refractivity (Wildman–Crippen MR) is 99.9 cm³/mol. The summed E-state index contributed by atoms with van der Waals surface area (Å²) in [5.74, 6) is -2.20. The second-order valence-electron chi connectivity index (χ2n) is 6.78. The van der Waals surface area contributed by atoms with Crippen molar-refractivity contribution in [3.05, 3.63) is 59.5 Å². The minimum Gasteiger partial charge on any atom is -0.464 e. The van der Waals surface area contributed by atoms with Gasteiger partial charge in [0, 0.05) is 18.2 Å². The summed E-state index contributed by atoms with van der Waals surface area (Å²) < 4.78 is 43.5. The van der Waals surface area contributed by atoms with Crippen LogP contribution in [0.25, 0.3) is 11.3 Å². The molecule has 1 atom stereocenters. The molecule has 1 amide bonds. The fourth-order valence-corrected chi connectivity index (χ4v) is 3.12. The Balaban J connectivity index is 1.84. The summed E-state index contributed by atoms with van der Waals surface area (Å²) >= 11 is 0. The maximum atomic E-state index is 12.7. The molecule has 1 aromatic heterocycles. The molecule has 0 radical (unpaired) electrons. The Kier molecular flexibility index (Phi) is 5.88. The molecule has 10 heteroatoms. The molecule has 2 heterocycles. The number of hydrogen-bond donors (Lipinski definition) is 1. The van der Waals surface area contributed by atoms with Gasteiger partial charge >= 0.3 is 12.1 Å². The molecule has 0 spiro atoms. The van der Waals surface area contributed by atoms with Gasteiger partial charge in [-0.3, -0.25) is 10.5 Å². The number of halogens is 3. The molecule has 0 fully saturated rings. The fraction of sp³-hybridized carbons (Fsp3) is 0.300. The molecule has 1 aliphatic rings. The summed E-state index contributed by atoms with van der Waals surface area (Å²) in [6.07, 6.45) is -4.53. The van der Waals surface area contributed by atoms with Crippen molar-refractivity contribution < 1.29 is 32.0 Å². The number of carbonyl (C=O) groups excluding carboxylic acids is 2. The van der Waals surface area contributed by atoms with Gasteiger partial charge in [-0.25, -0.2) is 4.79 Å². The molecule has 1 unspecified atom stereocenters. The zero-order chi connectivity index (χ0) is 22.1. The lowest BCUT2D eigenvalue weighted by Crippen LogP contribution is -2.59. The van der Waals surface area contributed by atoms with Gasteiger partial charge in [-0.1, -0.05) is 18.2 Å². The number of likely N-dealkylation sites (N-methyl/N-ethyl adjacent to an activating group) is 1. The number of amides is 1. The number of rotatable bonds is 5. The van der Waals surface area contributed by atoms with E-state index in [2.05, 4.69) is 4.84 Å². The van der Waals surface area contributed by atoms with Gasteiger partial charge in [0.2, 0.25) is 0 Å². The average molecular weight is 423 g/mol. The van der Waals surface area contributed by atoms with Gasteiger partial charge in [-0.15, -0.1) is 0 Å². The number of carbonyl (C=O) groups is 2. The SMILES string of the molecule is CC1=C(CCc2cccc(-c3ccco3)c2)N(OC(=O)C(F)(F)F)C(N)N(C)C1=O. The molecule has 1 aliphatic heterocycles. The van der Waals surface area contributed by atoms with Gasteiger partial charge in [-0.05, 0) is 43.5 Å². The van der Waals surface area contributed by atoms with Crippen LogP contribution in [-0.4, -0.2) is 41.4 Å². The van der Waals surface area contributed by atoms with E-state index in [0.717, 1.165) is 16.0 Å². The van der Waals surface area contributed by atoms with Crippen LogP contribution in [-0.2, 0) is 20.8 Å². The lowest BCUT2D eigenvalue weighted by molar-refractivity contribution is -0.248. The van der Waals surface area contributed by atoms with Gasteiger partial charge in [0.25, 0.3) is 5.91 Å². The Hall–Kier alpha value is -3.27. The summed E-state index contributed by atoms with van der Waals surface area (Å²) in [6, 6.07) is 11.0. The average Bonchev–Trinajstić information content (AvgIpc) is 3.24. The van der Waals surface area contributed by atoms with E-state index in [-0.39, 0.29) is 17.7 Å². The van der Waals surface area contributed by atoms with Crippen molar-refractivity contribution in [2.45, 2.75) is 32.2 Å². The molecule has 160 valence electrons. The number of nitrogens with zero attached hydrogens (tertiary/aromatic N) is 2. The largest absolute Gasteiger partial charge is 0.493 e. The molecule has 0 aliphatic carbocycles. The Morgan fingerprint density at radius 2 is 1.97 bits per heavy atom. The highest BCUT2D eigenvalue weighted by Crippen LogP contribution is 2.29. The van der Waals surface area contributed by atoms with E-state index < -0.39 is 24.3 Å². The third kappa shape index (κ3) is 4.33. The highest BCUT2D eigenvalue weighted by molar-refractivity contribution is 5.94. The smallest absolute Gasteiger partial charge is 0.464 e. The monoisotopic (exact) mass is 423 g/mol. The van der Waals surface area contributed by atoms with Gasteiger partial charge in [0.1, 0.15) is 5.76 Å². The van der Waals surface area contributed by atoms with E-state index in [0.29, 0.717) is 17.2 Å². The first-order valence-electron chi connectivity index (χ1n) is 9.03. The molecule has 30 heavy (non-hydrogen) atoms. The molecule has 7 nitrogen and oxygen atoms in total. The van der Waals surface area contributed by atoms with Crippen molar-refractivity contribution in [3.8, 4) is 11.3 Å². The highest BCUT2D eigenvalue weighted by Gasteiger charge is 2.45. The van der Waals surface area contributed by atoms with E-state index in [4.69, 9.17) is 10.2 Å². The predicted octanol–water partition coefficient (Wildman–Crippen LogP) is 3.19. The number of nitrogens with two attached hydrogens (primary N) is 1. The van der Waals surface area contributed by atoms with Crippen LogP contribution in [0.3, 0.4) is 0 Å². The number of aryl methyl sites for hydroxylation is 1. The molecule has 0 bridgehead atoms. The minimum absolute atomic E-state index is 0.117. The third-order valence-corrected chi connectivity index (χ3v) is 4.77. The normalized spacial score (nSPS) is 17.5. The van der Waals surface area contributed by atoms with Crippen LogP contribution in [0.4, 0.5) is 13.2 Å². The van der Waals surface area contributed by atoms with Crippen LogP contribution in [0.15, 0.2) is 58.3 Å². The lowest BCUT2D eigenvalue weighted by Gasteiger charge is -2.40. The second-order valence-corrected chi connectivity index (χ2v) is 6.78. The molecule has 2 aromatic rings. The zero-order valence-corrected chi connectivity index (χ0v) is 16.3. The zero-order valence-electron chi connectivity index (χ0n) is 16.3. The molecule has 2 N–H and O–H groups in total. The van der Waals surface area contributed by atoms with E-state index in [1.807, 2.05) is 24.3 Å². The first-order valence-corrected chi connectivity index (χ1v) is 9.03. The Morgan fingerprint density at radius 1 is 1.23 bits per heavy atom. The molecule has 3 rings (SSSR count). The van der Waals surface area contributed by atoms with Crippen molar-refractivity contribution in [2.24, 2.45) is 5.73 Å². The van der Waals surface area contributed by atoms with E-state index in [1.54, 1.807) is 18.4 Å². The quantitative estimate of drug-likeness (QED) is 0.795. The van der Waals surface area contributed by atoms with Gasteiger partial charge in [0.15, 0.2) is 6.29 Å². The third-order valence-electron chi connectivity index (χ3n) is 4.77. The van der Waals surface area contributed by atoms with Crippen LogP contribution in [0.5, 0.6) is 0 Å². The first-order chi connectivity index (χ1) is 14.1. The van der Waals surface area contributed by atoms with Crippen molar-refractivity contribution in [3.63, 3.8) is 0 Å². The Bertz CT molecular complexity index is 970. The minimum atomic E-state index is -5.20. The maximum absolute atomic E-state index is 12.7. The fourth-order valence-electron chi connectivity index (χ4n) is 3.12. The number of alkyl halides is 3. The molecule has 0 saturated heterocycles. The van der Waals surface area contributed by atoms with E-state index in [9.17, 15) is 22.8 Å². The highest BCUT2D eigenvalue weighted by atomic mass is 19.4. The number of hydroxylamine groups is 2. The van der Waals surface area contributed by atoms with Crippen LogP contribution >= 0.6 is 0 Å². The summed E-state index contributed by atoms with van der Waals surface area (Å²) in [5, 5.41) is 0.656. The summed E-state index contributed by atoms with van der Waals surface area (Å²) in [7, 11) is 1.31. The lowest BCUT2D eigenvalue weighted by atomic mass is 10.0. The number of hydrogen-bond acceptors (Lipinski definition) is 6. The Labute approximate surface area is 170 Å². The van der Waals surface area contributed by atoms with Gasteiger partial charge in [0.05, 0.1) is 12.0 Å². The van der Waals surface area contributed by atoms with Crippen LogP contribution < -0.4 is 5.73 Å². The number of furan rings is 1. The van der Waals surface area contributed by atoms with Crippen molar-refractivity contribution in [1.29, 1.82) is 0 Å². The van der Waals surface area contributed by atoms with Crippen LogP contribution in [0.2, 0.25) is 0 Å². The molecule has 0 saturated carbocycles. The van der Waals surface area contributed by atoms with Crippen molar-refractivity contribution >= 4 is 11.9 Å². The maximum Gasteiger partial charge on any atom is 0.493 e. The standard InChI is InChI=1S/C20H20F3N3O4/c1-12-15(9-8-13-5-3-6-14(11-13)16-7-4-10-29-16)26(19(24)25(2)17(12)27)30-18(28)20(21,22)23/h3-7,10-11,19H,8-9,24H2,1-2H3. The summed E-state index contributed by atoms with van der Waals surface area (Å²) in [4.78, 5) is 29.3. The van der Waals surface area contributed by atoms with Crippen LogP contribution in [0, 0.1) is 0 Å². The van der Waals surface area contributed by atoms with Gasteiger partial charge in [-0.2, -0.15) is 18.2 Å². The van der Waals surface area contributed by atoms with Crippen LogP contribution in [0.1, 0.15) is 18.9 Å². The first kappa shape index (κ1) is 21.4. The topological polar surface area (TPSA) is 89.0 Å². The summed E-state index contributed by atoms with van der Waals surface area (Å²) in [6.45, 7) is 1.45.